The van der Waals surface area contributed by atoms with Gasteiger partial charge in [-0.05, 0) is 41.6 Å². The zero-order valence-corrected chi connectivity index (χ0v) is 11.5. The summed E-state index contributed by atoms with van der Waals surface area (Å²) in [5.74, 6) is 0.142. The number of amides is 1. The van der Waals surface area contributed by atoms with E-state index in [1.807, 2.05) is 23.4 Å². The minimum atomic E-state index is 0.142. The maximum Gasteiger partial charge on any atom is 0.254 e. The standard InChI is InChI=1S/C10H13IN2OS/c1-13(8-2-3-12-5-8)10(14)7-4-9(11)15-6-7/h4,6,8,12H,2-3,5H2,1H3. The van der Waals surface area contributed by atoms with Crippen molar-refractivity contribution in [3.8, 4) is 0 Å². The number of carbonyl (C=O) groups excluding carboxylic acids is 1. The molecule has 1 aromatic rings. The molecule has 1 N–H and O–H groups in total. The van der Waals surface area contributed by atoms with Crippen molar-refractivity contribution < 1.29 is 4.79 Å². The van der Waals surface area contributed by atoms with Crippen LogP contribution in [0, 0.1) is 2.88 Å². The van der Waals surface area contributed by atoms with Gasteiger partial charge in [0.15, 0.2) is 0 Å². The van der Waals surface area contributed by atoms with Crippen LogP contribution in [0.25, 0.3) is 0 Å². The quantitative estimate of drug-likeness (QED) is 0.835. The molecular weight excluding hydrogens is 323 g/mol. The van der Waals surface area contributed by atoms with Crippen molar-refractivity contribution in [2.45, 2.75) is 12.5 Å². The molecule has 1 aliphatic rings. The zero-order valence-electron chi connectivity index (χ0n) is 8.50. The van der Waals surface area contributed by atoms with E-state index in [9.17, 15) is 4.79 Å². The van der Waals surface area contributed by atoms with E-state index in [1.165, 1.54) is 0 Å². The fraction of sp³-hybridized carbons (Fsp3) is 0.500. The lowest BCUT2D eigenvalue weighted by Gasteiger charge is -2.23. The summed E-state index contributed by atoms with van der Waals surface area (Å²) in [5.41, 5.74) is 0.818. The molecule has 1 saturated heterocycles. The van der Waals surface area contributed by atoms with Crippen LogP contribution in [0.1, 0.15) is 16.8 Å². The summed E-state index contributed by atoms with van der Waals surface area (Å²) in [4.78, 5) is 13.9. The lowest BCUT2D eigenvalue weighted by atomic mass is 10.2. The number of carbonyl (C=O) groups is 1. The predicted octanol–water partition coefficient (Wildman–Crippen LogP) is 1.79. The van der Waals surface area contributed by atoms with Crippen LogP contribution in [0.5, 0.6) is 0 Å². The third kappa shape index (κ3) is 2.51. The topological polar surface area (TPSA) is 32.3 Å². The number of rotatable bonds is 2. The molecule has 0 aliphatic carbocycles. The molecule has 1 unspecified atom stereocenters. The van der Waals surface area contributed by atoms with Crippen molar-refractivity contribution in [1.82, 2.24) is 10.2 Å². The van der Waals surface area contributed by atoms with E-state index in [4.69, 9.17) is 0 Å². The lowest BCUT2D eigenvalue weighted by molar-refractivity contribution is 0.0744. The van der Waals surface area contributed by atoms with Gasteiger partial charge in [0.1, 0.15) is 0 Å². The molecule has 15 heavy (non-hydrogen) atoms. The number of halogens is 1. The van der Waals surface area contributed by atoms with E-state index in [-0.39, 0.29) is 5.91 Å². The number of nitrogens with zero attached hydrogens (tertiary/aromatic N) is 1. The van der Waals surface area contributed by atoms with E-state index in [1.54, 1.807) is 11.3 Å². The molecule has 0 radical (unpaired) electrons. The lowest BCUT2D eigenvalue weighted by Crippen LogP contribution is -2.38. The molecule has 0 bridgehead atoms. The van der Waals surface area contributed by atoms with Crippen molar-refractivity contribution in [2.75, 3.05) is 20.1 Å². The van der Waals surface area contributed by atoms with Gasteiger partial charge in [-0.15, -0.1) is 11.3 Å². The molecule has 3 nitrogen and oxygen atoms in total. The van der Waals surface area contributed by atoms with Gasteiger partial charge in [0, 0.05) is 25.0 Å². The van der Waals surface area contributed by atoms with E-state index >= 15 is 0 Å². The van der Waals surface area contributed by atoms with Crippen LogP contribution < -0.4 is 5.32 Å². The van der Waals surface area contributed by atoms with E-state index in [0.717, 1.165) is 28.0 Å². The van der Waals surface area contributed by atoms with Crippen molar-refractivity contribution >= 4 is 39.8 Å². The number of hydrogen-bond donors (Lipinski definition) is 1. The van der Waals surface area contributed by atoms with Gasteiger partial charge in [0.2, 0.25) is 0 Å². The molecule has 2 heterocycles. The van der Waals surface area contributed by atoms with E-state index in [2.05, 4.69) is 27.9 Å². The Kier molecular flexibility index (Phi) is 3.63. The third-order valence-electron chi connectivity index (χ3n) is 2.72. The predicted molar refractivity (Wildman–Crippen MR) is 70.4 cm³/mol. The zero-order chi connectivity index (χ0) is 10.8. The molecule has 5 heteroatoms. The molecule has 1 aliphatic heterocycles. The van der Waals surface area contributed by atoms with Crippen molar-refractivity contribution in [3.63, 3.8) is 0 Å². The fourth-order valence-electron chi connectivity index (χ4n) is 1.76. The van der Waals surface area contributed by atoms with Crippen LogP contribution in [-0.2, 0) is 0 Å². The average Bonchev–Trinajstić information content (AvgIpc) is 2.85. The van der Waals surface area contributed by atoms with Gasteiger partial charge in [-0.25, -0.2) is 0 Å². The van der Waals surface area contributed by atoms with Gasteiger partial charge in [-0.1, -0.05) is 0 Å². The summed E-state index contributed by atoms with van der Waals surface area (Å²) in [7, 11) is 1.89. The second-order valence-corrected chi connectivity index (χ2v) is 6.51. The Labute approximate surface area is 107 Å². The second-order valence-electron chi connectivity index (χ2n) is 3.70. The van der Waals surface area contributed by atoms with Crippen LogP contribution in [0.4, 0.5) is 0 Å². The Morgan fingerprint density at radius 3 is 3.07 bits per heavy atom. The Balaban J connectivity index is 2.06. The van der Waals surface area contributed by atoms with Crippen LogP contribution in [0.15, 0.2) is 11.4 Å². The minimum Gasteiger partial charge on any atom is -0.337 e. The molecule has 1 amide bonds. The van der Waals surface area contributed by atoms with Crippen molar-refractivity contribution in [2.24, 2.45) is 0 Å². The normalized spacial score (nSPS) is 20.5. The van der Waals surface area contributed by atoms with Crippen LogP contribution in [0.3, 0.4) is 0 Å². The highest BCUT2D eigenvalue weighted by molar-refractivity contribution is 14.1. The van der Waals surface area contributed by atoms with Crippen LogP contribution in [0.2, 0.25) is 0 Å². The van der Waals surface area contributed by atoms with Gasteiger partial charge < -0.3 is 10.2 Å². The van der Waals surface area contributed by atoms with Crippen molar-refractivity contribution in [3.05, 3.63) is 19.9 Å². The molecule has 82 valence electrons. The van der Waals surface area contributed by atoms with E-state index < -0.39 is 0 Å². The fourth-order valence-corrected chi connectivity index (χ4v) is 3.08. The van der Waals surface area contributed by atoms with E-state index in [0.29, 0.717) is 6.04 Å². The molecule has 1 aromatic heterocycles. The second kappa shape index (κ2) is 4.80. The molecular formula is C10H13IN2OS. The average molecular weight is 336 g/mol. The highest BCUT2D eigenvalue weighted by Crippen LogP contribution is 2.19. The molecule has 1 fully saturated rings. The van der Waals surface area contributed by atoms with Gasteiger partial charge in [-0.2, -0.15) is 0 Å². The highest BCUT2D eigenvalue weighted by Gasteiger charge is 2.24. The first kappa shape index (κ1) is 11.3. The molecule has 1 atom stereocenters. The summed E-state index contributed by atoms with van der Waals surface area (Å²) >= 11 is 3.86. The van der Waals surface area contributed by atoms with Gasteiger partial charge in [0.05, 0.1) is 8.45 Å². The van der Waals surface area contributed by atoms with Crippen LogP contribution in [-0.4, -0.2) is 37.0 Å². The first-order valence-corrected chi connectivity index (χ1v) is 6.86. The van der Waals surface area contributed by atoms with Gasteiger partial charge in [0.25, 0.3) is 5.91 Å². The number of hydrogen-bond acceptors (Lipinski definition) is 3. The summed E-state index contributed by atoms with van der Waals surface area (Å²) < 4.78 is 1.16. The number of likely N-dealkylation sites (N-methyl/N-ethyl adjacent to an activating group) is 1. The maximum absolute atomic E-state index is 12.0. The smallest absolute Gasteiger partial charge is 0.254 e. The van der Waals surface area contributed by atoms with Crippen molar-refractivity contribution in [1.29, 1.82) is 0 Å². The molecule has 2 rings (SSSR count). The Hall–Kier alpha value is -0.140. The minimum absolute atomic E-state index is 0.142. The number of thiophene rings is 1. The summed E-state index contributed by atoms with van der Waals surface area (Å²) in [6.45, 7) is 1.94. The molecule has 0 spiro atoms. The first-order chi connectivity index (χ1) is 7.18. The molecule has 0 saturated carbocycles. The SMILES string of the molecule is CN(C(=O)c1csc(I)c1)C1CCNC1. The van der Waals surface area contributed by atoms with Crippen LogP contribution >= 0.6 is 33.9 Å². The summed E-state index contributed by atoms with van der Waals surface area (Å²) in [6.07, 6.45) is 1.06. The summed E-state index contributed by atoms with van der Waals surface area (Å²) in [5, 5.41) is 5.21. The van der Waals surface area contributed by atoms with Gasteiger partial charge in [-0.3, -0.25) is 4.79 Å². The Morgan fingerprint density at radius 1 is 1.73 bits per heavy atom. The largest absolute Gasteiger partial charge is 0.337 e. The Bertz CT molecular complexity index is 360. The molecule has 0 aromatic carbocycles. The third-order valence-corrected chi connectivity index (χ3v) is 4.51. The highest BCUT2D eigenvalue weighted by atomic mass is 127. The first-order valence-electron chi connectivity index (χ1n) is 4.90. The summed E-state index contributed by atoms with van der Waals surface area (Å²) in [6, 6.07) is 2.31. The number of nitrogens with one attached hydrogen (secondary N) is 1. The monoisotopic (exact) mass is 336 g/mol. The Morgan fingerprint density at radius 2 is 2.53 bits per heavy atom. The maximum atomic E-state index is 12.0. The van der Waals surface area contributed by atoms with Gasteiger partial charge >= 0.3 is 0 Å².